The maximum Gasteiger partial charge on any atom is 0.251 e. The van der Waals surface area contributed by atoms with E-state index in [1.807, 2.05) is 45.9 Å². The van der Waals surface area contributed by atoms with Gasteiger partial charge in [0.2, 0.25) is 17.8 Å². The molecule has 0 fully saturated rings. The highest BCUT2D eigenvalue weighted by Crippen LogP contribution is 2.13. The Labute approximate surface area is 207 Å². The molecule has 1 atom stereocenters. The first-order valence-corrected chi connectivity index (χ1v) is 12.0. The van der Waals surface area contributed by atoms with Crippen molar-refractivity contribution in [3.05, 3.63) is 35.9 Å². The van der Waals surface area contributed by atoms with E-state index in [0.29, 0.717) is 62.9 Å². The fourth-order valence-corrected chi connectivity index (χ4v) is 2.92. The molecule has 0 radical (unpaired) electrons. The highest BCUT2D eigenvalue weighted by molar-refractivity contribution is 5.94. The highest BCUT2D eigenvalue weighted by Gasteiger charge is 2.15. The van der Waals surface area contributed by atoms with Gasteiger partial charge in [0.15, 0.2) is 0 Å². The molecule has 2 rings (SSSR count). The second-order valence-electron chi connectivity index (χ2n) is 8.56. The summed E-state index contributed by atoms with van der Waals surface area (Å²) in [5.41, 5.74) is 0.629. The van der Waals surface area contributed by atoms with Crippen molar-refractivity contribution in [1.29, 1.82) is 0 Å². The molecule has 11 nitrogen and oxygen atoms in total. The largest absolute Gasteiger partial charge is 0.394 e. The van der Waals surface area contributed by atoms with E-state index in [1.54, 1.807) is 12.1 Å². The van der Waals surface area contributed by atoms with Gasteiger partial charge in [-0.15, -0.1) is 0 Å². The number of aromatic nitrogens is 3. The second-order valence-corrected chi connectivity index (χ2v) is 8.56. The molecule has 0 aliphatic rings. The predicted molar refractivity (Wildman–Crippen MR) is 137 cm³/mol. The number of rotatable bonds is 17. The van der Waals surface area contributed by atoms with Gasteiger partial charge in [-0.25, -0.2) is 0 Å². The van der Waals surface area contributed by atoms with Gasteiger partial charge in [-0.1, -0.05) is 32.0 Å². The van der Waals surface area contributed by atoms with Gasteiger partial charge in [-0.2, -0.15) is 15.0 Å². The van der Waals surface area contributed by atoms with E-state index in [0.717, 1.165) is 0 Å². The first-order chi connectivity index (χ1) is 16.9. The third-order valence-electron chi connectivity index (χ3n) is 4.84. The van der Waals surface area contributed by atoms with Crippen LogP contribution in [0.2, 0.25) is 0 Å². The zero-order valence-corrected chi connectivity index (χ0v) is 21.1. The molecule has 194 valence electrons. The molecule has 0 aliphatic carbocycles. The van der Waals surface area contributed by atoms with E-state index in [-0.39, 0.29) is 30.5 Å². The maximum atomic E-state index is 11.9. The fourth-order valence-electron chi connectivity index (χ4n) is 2.92. The summed E-state index contributed by atoms with van der Waals surface area (Å²) in [5.74, 6) is 1.36. The quantitative estimate of drug-likeness (QED) is 0.209. The van der Waals surface area contributed by atoms with Gasteiger partial charge in [-0.05, 0) is 31.9 Å². The Hall–Kier alpha value is -3.02. The monoisotopic (exact) mass is 489 g/mol. The first kappa shape index (κ1) is 28.2. The summed E-state index contributed by atoms with van der Waals surface area (Å²) in [4.78, 5) is 25.1. The lowest BCUT2D eigenvalue weighted by molar-refractivity contribution is 0.0519. The van der Waals surface area contributed by atoms with Crippen LogP contribution in [0.4, 0.5) is 17.8 Å². The molecule has 0 saturated carbocycles. The number of anilines is 3. The summed E-state index contributed by atoms with van der Waals surface area (Å²) in [5, 5.41) is 21.9. The van der Waals surface area contributed by atoms with E-state index in [9.17, 15) is 9.90 Å². The summed E-state index contributed by atoms with van der Waals surface area (Å²) in [7, 11) is 0. The van der Waals surface area contributed by atoms with E-state index >= 15 is 0 Å². The molecule has 1 heterocycles. The average Bonchev–Trinajstić information content (AvgIpc) is 2.83. The van der Waals surface area contributed by atoms with Gasteiger partial charge in [0.25, 0.3) is 5.91 Å². The topological polar surface area (TPSA) is 143 Å². The molecular weight excluding hydrogens is 450 g/mol. The Morgan fingerprint density at radius 3 is 2.06 bits per heavy atom. The molecular formula is C24H39N7O4. The van der Waals surface area contributed by atoms with Crippen molar-refractivity contribution in [2.45, 2.75) is 39.8 Å². The van der Waals surface area contributed by atoms with Crippen LogP contribution in [0.1, 0.15) is 38.1 Å². The molecule has 11 heteroatoms. The van der Waals surface area contributed by atoms with Crippen molar-refractivity contribution in [2.75, 3.05) is 62.1 Å². The Morgan fingerprint density at radius 2 is 1.46 bits per heavy atom. The summed E-state index contributed by atoms with van der Waals surface area (Å²) in [6.07, 6.45) is 0. The second kappa shape index (κ2) is 15.8. The van der Waals surface area contributed by atoms with Crippen molar-refractivity contribution in [3.8, 4) is 0 Å². The van der Waals surface area contributed by atoms with Crippen LogP contribution in [0.25, 0.3) is 0 Å². The molecule has 2 aromatic rings. The van der Waals surface area contributed by atoms with E-state index in [2.05, 4.69) is 36.2 Å². The van der Waals surface area contributed by atoms with Gasteiger partial charge < -0.3 is 35.8 Å². The standard InChI is InChI=1S/C24H39N7O4/c1-17(2)20(16-32)28-24-30-22(29-23(31-24)27-18(3)4)26-11-13-35-15-14-34-12-10-25-21(33)19-8-6-5-7-9-19/h5-9,17-18,20,32H,10-16H2,1-4H3,(H,25,33)(H3,26,27,28,29,30,31)/t20-/m1/s1. The van der Waals surface area contributed by atoms with Gasteiger partial charge in [-0.3, -0.25) is 4.79 Å². The number of nitrogens with one attached hydrogen (secondary N) is 4. The third kappa shape index (κ3) is 11.3. The number of aliphatic hydroxyl groups is 1. The lowest BCUT2D eigenvalue weighted by Crippen LogP contribution is -2.31. The molecule has 0 unspecified atom stereocenters. The molecule has 1 aromatic carbocycles. The minimum absolute atomic E-state index is 0.0195. The number of hydrogen-bond donors (Lipinski definition) is 5. The Kier molecular flexibility index (Phi) is 12.7. The number of amides is 1. The SMILES string of the molecule is CC(C)Nc1nc(NCCOCCOCCNC(=O)c2ccccc2)nc(N[C@H](CO)C(C)C)n1. The zero-order valence-electron chi connectivity index (χ0n) is 21.1. The summed E-state index contributed by atoms with van der Waals surface area (Å²) < 4.78 is 11.1. The molecule has 1 amide bonds. The third-order valence-corrected chi connectivity index (χ3v) is 4.84. The number of ether oxygens (including phenoxy) is 2. The minimum atomic E-state index is -0.160. The Morgan fingerprint density at radius 1 is 0.857 bits per heavy atom. The van der Waals surface area contributed by atoms with E-state index < -0.39 is 0 Å². The minimum Gasteiger partial charge on any atom is -0.394 e. The fraction of sp³-hybridized carbons (Fsp3) is 0.583. The van der Waals surface area contributed by atoms with Crippen molar-refractivity contribution in [1.82, 2.24) is 20.3 Å². The van der Waals surface area contributed by atoms with Crippen molar-refractivity contribution < 1.29 is 19.4 Å². The number of carbonyl (C=O) groups excluding carboxylic acids is 1. The molecule has 0 aliphatic heterocycles. The first-order valence-electron chi connectivity index (χ1n) is 12.0. The van der Waals surface area contributed by atoms with Crippen LogP contribution in [-0.2, 0) is 9.47 Å². The van der Waals surface area contributed by atoms with Crippen molar-refractivity contribution >= 4 is 23.8 Å². The lowest BCUT2D eigenvalue weighted by atomic mass is 10.1. The number of benzene rings is 1. The van der Waals surface area contributed by atoms with Crippen molar-refractivity contribution in [3.63, 3.8) is 0 Å². The molecule has 35 heavy (non-hydrogen) atoms. The van der Waals surface area contributed by atoms with Gasteiger partial charge in [0, 0.05) is 24.7 Å². The van der Waals surface area contributed by atoms with Gasteiger partial charge >= 0.3 is 0 Å². The van der Waals surface area contributed by atoms with E-state index in [1.165, 1.54) is 0 Å². The Balaban J connectivity index is 1.65. The van der Waals surface area contributed by atoms with Gasteiger partial charge in [0.1, 0.15) is 0 Å². The van der Waals surface area contributed by atoms with Crippen LogP contribution in [-0.4, -0.2) is 84.2 Å². The normalized spacial score (nSPS) is 12.0. The van der Waals surface area contributed by atoms with Crippen LogP contribution in [0.3, 0.4) is 0 Å². The number of hydrogen-bond acceptors (Lipinski definition) is 10. The molecule has 5 N–H and O–H groups in total. The lowest BCUT2D eigenvalue weighted by Gasteiger charge is -2.20. The smallest absolute Gasteiger partial charge is 0.251 e. The van der Waals surface area contributed by atoms with Crippen LogP contribution in [0.5, 0.6) is 0 Å². The van der Waals surface area contributed by atoms with Crippen LogP contribution in [0, 0.1) is 5.92 Å². The molecule has 1 aromatic heterocycles. The molecule has 0 saturated heterocycles. The zero-order chi connectivity index (χ0) is 25.5. The predicted octanol–water partition coefficient (Wildman–Crippen LogP) is 2.00. The number of aliphatic hydroxyl groups excluding tert-OH is 1. The van der Waals surface area contributed by atoms with Crippen LogP contribution >= 0.6 is 0 Å². The van der Waals surface area contributed by atoms with Crippen LogP contribution < -0.4 is 21.3 Å². The number of carbonyl (C=O) groups is 1. The number of nitrogens with zero attached hydrogens (tertiary/aromatic N) is 3. The summed E-state index contributed by atoms with van der Waals surface area (Å²) in [6.45, 7) is 10.7. The average molecular weight is 490 g/mol. The van der Waals surface area contributed by atoms with E-state index in [4.69, 9.17) is 9.47 Å². The summed E-state index contributed by atoms with van der Waals surface area (Å²) in [6, 6.07) is 9.07. The van der Waals surface area contributed by atoms with Gasteiger partial charge in [0.05, 0.1) is 39.1 Å². The summed E-state index contributed by atoms with van der Waals surface area (Å²) >= 11 is 0. The molecule has 0 bridgehead atoms. The molecule has 0 spiro atoms. The van der Waals surface area contributed by atoms with Crippen molar-refractivity contribution in [2.24, 2.45) is 5.92 Å². The highest BCUT2D eigenvalue weighted by atomic mass is 16.5. The Bertz CT molecular complexity index is 868. The van der Waals surface area contributed by atoms with Crippen LogP contribution in [0.15, 0.2) is 30.3 Å². The maximum absolute atomic E-state index is 11.9.